The van der Waals surface area contributed by atoms with E-state index >= 15 is 0 Å². The average Bonchev–Trinajstić information content (AvgIpc) is 3.12. The molecule has 0 spiro atoms. The van der Waals surface area contributed by atoms with Gasteiger partial charge in [-0.15, -0.1) is 5.10 Å². The molecule has 0 bridgehead atoms. The number of aromatic nitrogens is 3. The van der Waals surface area contributed by atoms with E-state index in [0.29, 0.717) is 23.3 Å². The first-order valence-electron chi connectivity index (χ1n) is 8.32. The standard InChI is InChI=1S/C19H19N5O2/c1-25-16-8-7-14(11-17(16)26-2)21-18-12-20-23-19(22-18)24-10-9-13-5-3-4-6-15(13)24/h3-8,11-12H,9-10H2,1-2H3,(H,21,22,23). The summed E-state index contributed by atoms with van der Waals surface area (Å²) in [5, 5.41) is 11.5. The second-order valence-corrected chi connectivity index (χ2v) is 5.87. The van der Waals surface area contributed by atoms with E-state index in [-0.39, 0.29) is 0 Å². The zero-order valence-electron chi connectivity index (χ0n) is 14.6. The van der Waals surface area contributed by atoms with Crippen LogP contribution in [0, 0.1) is 0 Å². The summed E-state index contributed by atoms with van der Waals surface area (Å²) in [6, 6.07) is 13.9. The molecule has 1 N–H and O–H groups in total. The average molecular weight is 349 g/mol. The van der Waals surface area contributed by atoms with Gasteiger partial charge in [0.2, 0.25) is 0 Å². The number of nitrogens with zero attached hydrogens (tertiary/aromatic N) is 4. The number of nitrogens with one attached hydrogen (secondary N) is 1. The number of anilines is 4. The molecule has 0 aliphatic carbocycles. The van der Waals surface area contributed by atoms with Crippen molar-refractivity contribution < 1.29 is 9.47 Å². The predicted molar refractivity (Wildman–Crippen MR) is 99.8 cm³/mol. The molecular formula is C19H19N5O2. The normalized spacial score (nSPS) is 12.6. The van der Waals surface area contributed by atoms with Crippen molar-refractivity contribution in [3.05, 3.63) is 54.2 Å². The summed E-state index contributed by atoms with van der Waals surface area (Å²) in [6.07, 6.45) is 2.58. The lowest BCUT2D eigenvalue weighted by Gasteiger charge is -2.17. The lowest BCUT2D eigenvalue weighted by Crippen LogP contribution is -2.17. The van der Waals surface area contributed by atoms with E-state index in [9.17, 15) is 0 Å². The van der Waals surface area contributed by atoms with Crippen LogP contribution in [0.5, 0.6) is 11.5 Å². The molecule has 0 atom stereocenters. The Morgan fingerprint density at radius 1 is 1.04 bits per heavy atom. The van der Waals surface area contributed by atoms with Crippen LogP contribution in [-0.2, 0) is 6.42 Å². The van der Waals surface area contributed by atoms with Gasteiger partial charge >= 0.3 is 0 Å². The predicted octanol–water partition coefficient (Wildman–Crippen LogP) is 3.33. The highest BCUT2D eigenvalue weighted by molar-refractivity contribution is 5.67. The summed E-state index contributed by atoms with van der Waals surface area (Å²) in [5.41, 5.74) is 3.27. The Morgan fingerprint density at radius 3 is 2.73 bits per heavy atom. The topological polar surface area (TPSA) is 72.4 Å². The highest BCUT2D eigenvalue weighted by Crippen LogP contribution is 2.33. The summed E-state index contributed by atoms with van der Waals surface area (Å²) in [5.74, 6) is 2.52. The second-order valence-electron chi connectivity index (χ2n) is 5.87. The molecule has 0 unspecified atom stereocenters. The summed E-state index contributed by atoms with van der Waals surface area (Å²) in [6.45, 7) is 0.848. The number of benzene rings is 2. The minimum atomic E-state index is 0.584. The van der Waals surface area contributed by atoms with Crippen LogP contribution in [0.1, 0.15) is 5.56 Å². The zero-order chi connectivity index (χ0) is 17.9. The molecule has 1 aliphatic heterocycles. The van der Waals surface area contributed by atoms with Gasteiger partial charge in [-0.25, -0.2) is 0 Å². The molecule has 2 heterocycles. The SMILES string of the molecule is COc1ccc(Nc2cnnc(N3CCc4ccccc43)n2)cc1OC. The van der Waals surface area contributed by atoms with Crippen molar-refractivity contribution in [3.8, 4) is 11.5 Å². The Bertz CT molecular complexity index is 931. The van der Waals surface area contributed by atoms with Crippen LogP contribution in [0.3, 0.4) is 0 Å². The van der Waals surface area contributed by atoms with E-state index in [1.165, 1.54) is 5.56 Å². The number of para-hydroxylation sites is 1. The molecular weight excluding hydrogens is 330 g/mol. The molecule has 0 amide bonds. The maximum absolute atomic E-state index is 5.34. The molecule has 0 radical (unpaired) electrons. The maximum atomic E-state index is 5.34. The fourth-order valence-electron chi connectivity index (χ4n) is 3.08. The van der Waals surface area contributed by atoms with Crippen molar-refractivity contribution >= 4 is 23.1 Å². The Kier molecular flexibility index (Phi) is 4.27. The summed E-state index contributed by atoms with van der Waals surface area (Å²) in [7, 11) is 3.22. The zero-order valence-corrected chi connectivity index (χ0v) is 14.6. The van der Waals surface area contributed by atoms with Crippen LogP contribution >= 0.6 is 0 Å². The number of hydrogen-bond acceptors (Lipinski definition) is 7. The highest BCUT2D eigenvalue weighted by Gasteiger charge is 2.22. The lowest BCUT2D eigenvalue weighted by molar-refractivity contribution is 0.355. The monoisotopic (exact) mass is 349 g/mol. The third-order valence-electron chi connectivity index (χ3n) is 4.33. The Hall–Kier alpha value is -3.35. The molecule has 1 aromatic heterocycles. The molecule has 7 heteroatoms. The van der Waals surface area contributed by atoms with E-state index in [0.717, 1.165) is 24.3 Å². The van der Waals surface area contributed by atoms with Crippen LogP contribution < -0.4 is 19.7 Å². The largest absolute Gasteiger partial charge is 0.493 e. The fraction of sp³-hybridized carbons (Fsp3) is 0.211. The molecule has 0 saturated carbocycles. The van der Waals surface area contributed by atoms with Crippen molar-refractivity contribution in [2.45, 2.75) is 6.42 Å². The van der Waals surface area contributed by atoms with E-state index in [2.05, 4.69) is 43.6 Å². The number of methoxy groups -OCH3 is 2. The van der Waals surface area contributed by atoms with Crippen LogP contribution in [-0.4, -0.2) is 35.9 Å². The van der Waals surface area contributed by atoms with Crippen molar-refractivity contribution in [1.29, 1.82) is 0 Å². The molecule has 4 rings (SSSR count). The minimum Gasteiger partial charge on any atom is -0.493 e. The number of rotatable bonds is 5. The molecule has 0 saturated heterocycles. The Balaban J connectivity index is 1.59. The van der Waals surface area contributed by atoms with Crippen molar-refractivity contribution in [2.24, 2.45) is 0 Å². The number of fused-ring (bicyclic) bond motifs is 1. The van der Waals surface area contributed by atoms with Gasteiger partial charge in [-0.2, -0.15) is 10.1 Å². The number of hydrogen-bond donors (Lipinski definition) is 1. The van der Waals surface area contributed by atoms with Crippen molar-refractivity contribution in [3.63, 3.8) is 0 Å². The summed E-state index contributed by atoms with van der Waals surface area (Å²) in [4.78, 5) is 6.70. The summed E-state index contributed by atoms with van der Waals surface area (Å²) < 4.78 is 10.6. The molecule has 26 heavy (non-hydrogen) atoms. The first-order chi connectivity index (χ1) is 12.8. The van der Waals surface area contributed by atoms with Crippen LogP contribution in [0.4, 0.5) is 23.1 Å². The highest BCUT2D eigenvalue weighted by atomic mass is 16.5. The van der Waals surface area contributed by atoms with Crippen molar-refractivity contribution in [1.82, 2.24) is 15.2 Å². The molecule has 2 aromatic carbocycles. The van der Waals surface area contributed by atoms with Gasteiger partial charge in [0.05, 0.1) is 20.4 Å². The number of ether oxygens (including phenoxy) is 2. The molecule has 0 fully saturated rings. The maximum Gasteiger partial charge on any atom is 0.251 e. The quantitative estimate of drug-likeness (QED) is 0.757. The van der Waals surface area contributed by atoms with Crippen molar-refractivity contribution in [2.75, 3.05) is 31.0 Å². The molecule has 3 aromatic rings. The Labute approximate surface area is 151 Å². The lowest BCUT2D eigenvalue weighted by atomic mass is 10.2. The van der Waals surface area contributed by atoms with Crippen LogP contribution in [0.2, 0.25) is 0 Å². The van der Waals surface area contributed by atoms with E-state index in [1.807, 2.05) is 24.3 Å². The van der Waals surface area contributed by atoms with Gasteiger partial charge in [-0.3, -0.25) is 0 Å². The first-order valence-corrected chi connectivity index (χ1v) is 8.32. The van der Waals surface area contributed by atoms with E-state index < -0.39 is 0 Å². The van der Waals surface area contributed by atoms with Gasteiger partial charge in [0.25, 0.3) is 5.95 Å². The smallest absolute Gasteiger partial charge is 0.251 e. The summed E-state index contributed by atoms with van der Waals surface area (Å²) >= 11 is 0. The van der Waals surface area contributed by atoms with E-state index in [4.69, 9.17) is 9.47 Å². The molecule has 7 nitrogen and oxygen atoms in total. The Morgan fingerprint density at radius 2 is 1.88 bits per heavy atom. The minimum absolute atomic E-state index is 0.584. The fourth-order valence-corrected chi connectivity index (χ4v) is 3.08. The van der Waals surface area contributed by atoms with Gasteiger partial charge in [0, 0.05) is 24.0 Å². The van der Waals surface area contributed by atoms with E-state index in [1.54, 1.807) is 20.4 Å². The first kappa shape index (κ1) is 16.1. The molecule has 1 aliphatic rings. The van der Waals surface area contributed by atoms with Gasteiger partial charge < -0.3 is 19.7 Å². The third kappa shape index (κ3) is 2.99. The van der Waals surface area contributed by atoms with Gasteiger partial charge in [-0.1, -0.05) is 18.2 Å². The third-order valence-corrected chi connectivity index (χ3v) is 4.33. The van der Waals surface area contributed by atoms with Crippen LogP contribution in [0.25, 0.3) is 0 Å². The second kappa shape index (κ2) is 6.87. The van der Waals surface area contributed by atoms with Crippen LogP contribution in [0.15, 0.2) is 48.7 Å². The van der Waals surface area contributed by atoms with Gasteiger partial charge in [0.1, 0.15) is 0 Å². The van der Waals surface area contributed by atoms with Gasteiger partial charge in [0.15, 0.2) is 17.3 Å². The van der Waals surface area contributed by atoms with Gasteiger partial charge in [-0.05, 0) is 30.2 Å². The molecule has 132 valence electrons.